The number of methoxy groups -OCH3 is 1. The minimum absolute atomic E-state index is 0.162. The fraction of sp³-hybridized carbons (Fsp3) is 0.409. The molecule has 0 atom stereocenters. The average Bonchev–Trinajstić information content (AvgIpc) is 2.69. The summed E-state index contributed by atoms with van der Waals surface area (Å²) in [6, 6.07) is 16.5. The molecule has 5 nitrogen and oxygen atoms in total. The summed E-state index contributed by atoms with van der Waals surface area (Å²) in [4.78, 5) is 19.0. The molecule has 1 aliphatic heterocycles. The molecule has 144 valence electrons. The Labute approximate surface area is 162 Å². The molecule has 0 spiro atoms. The number of amides is 1. The van der Waals surface area contributed by atoms with E-state index >= 15 is 0 Å². The lowest BCUT2D eigenvalue weighted by Gasteiger charge is -2.36. The van der Waals surface area contributed by atoms with Gasteiger partial charge in [-0.15, -0.1) is 0 Å². The van der Waals surface area contributed by atoms with Crippen molar-refractivity contribution in [3.8, 4) is 5.75 Å². The van der Waals surface area contributed by atoms with Crippen LogP contribution in [0.4, 0.5) is 5.69 Å². The predicted molar refractivity (Wildman–Crippen MR) is 109 cm³/mol. The second-order valence-electron chi connectivity index (χ2n) is 7.20. The lowest BCUT2D eigenvalue weighted by molar-refractivity contribution is -0.131. The summed E-state index contributed by atoms with van der Waals surface area (Å²) in [5.41, 5.74) is 3.67. The van der Waals surface area contributed by atoms with Crippen LogP contribution in [0, 0.1) is 6.92 Å². The van der Waals surface area contributed by atoms with Crippen LogP contribution in [0.5, 0.6) is 5.75 Å². The Morgan fingerprint density at radius 2 is 1.78 bits per heavy atom. The van der Waals surface area contributed by atoms with Crippen molar-refractivity contribution in [3.63, 3.8) is 0 Å². The van der Waals surface area contributed by atoms with E-state index in [1.165, 1.54) is 11.3 Å². The van der Waals surface area contributed by atoms with Crippen LogP contribution in [-0.4, -0.2) is 62.6 Å². The van der Waals surface area contributed by atoms with E-state index in [1.54, 1.807) is 12.0 Å². The third-order valence-corrected chi connectivity index (χ3v) is 5.10. The monoisotopic (exact) mass is 367 g/mol. The number of benzene rings is 2. The van der Waals surface area contributed by atoms with E-state index in [0.717, 1.165) is 37.5 Å². The third kappa shape index (κ3) is 5.23. The van der Waals surface area contributed by atoms with Crippen LogP contribution in [0.2, 0.25) is 0 Å². The van der Waals surface area contributed by atoms with Crippen LogP contribution in [0.25, 0.3) is 0 Å². The van der Waals surface area contributed by atoms with Gasteiger partial charge in [0.2, 0.25) is 5.91 Å². The maximum atomic E-state index is 12.6. The molecule has 0 unspecified atom stereocenters. The predicted octanol–water partition coefficient (Wildman–Crippen LogP) is 2.78. The zero-order chi connectivity index (χ0) is 19.2. The van der Waals surface area contributed by atoms with Crippen molar-refractivity contribution in [1.29, 1.82) is 0 Å². The lowest BCUT2D eigenvalue weighted by atomic mass is 10.2. The van der Waals surface area contributed by atoms with Crippen LogP contribution in [0.3, 0.4) is 0 Å². The van der Waals surface area contributed by atoms with Crippen molar-refractivity contribution >= 4 is 11.6 Å². The zero-order valence-corrected chi connectivity index (χ0v) is 16.5. The molecule has 5 heteroatoms. The van der Waals surface area contributed by atoms with Crippen LogP contribution in [-0.2, 0) is 11.3 Å². The summed E-state index contributed by atoms with van der Waals surface area (Å²) < 4.78 is 5.18. The van der Waals surface area contributed by atoms with Gasteiger partial charge < -0.3 is 14.5 Å². The first kappa shape index (κ1) is 19.2. The molecule has 1 aliphatic rings. The van der Waals surface area contributed by atoms with Gasteiger partial charge in [0.25, 0.3) is 0 Å². The molecule has 0 aromatic heterocycles. The van der Waals surface area contributed by atoms with Crippen molar-refractivity contribution in [3.05, 3.63) is 59.7 Å². The molecule has 0 bridgehead atoms. The first-order valence-electron chi connectivity index (χ1n) is 9.46. The van der Waals surface area contributed by atoms with Crippen molar-refractivity contribution < 1.29 is 9.53 Å². The normalized spacial score (nSPS) is 14.9. The molecule has 2 aromatic rings. The maximum Gasteiger partial charge on any atom is 0.236 e. The minimum Gasteiger partial charge on any atom is -0.497 e. The molecule has 0 saturated carbocycles. The SMILES string of the molecule is COc1ccc(CN(C)C(=O)CN2CCN(c3cccc(C)c3)CC2)cc1. The topological polar surface area (TPSA) is 36.0 Å². The Kier molecular flexibility index (Phi) is 6.35. The summed E-state index contributed by atoms with van der Waals surface area (Å²) in [5.74, 6) is 0.994. The van der Waals surface area contributed by atoms with E-state index < -0.39 is 0 Å². The number of rotatable bonds is 6. The highest BCUT2D eigenvalue weighted by Crippen LogP contribution is 2.18. The Morgan fingerprint density at radius 1 is 1.07 bits per heavy atom. The smallest absolute Gasteiger partial charge is 0.236 e. The molecular weight excluding hydrogens is 338 g/mol. The van der Waals surface area contributed by atoms with Gasteiger partial charge in [-0.25, -0.2) is 0 Å². The quantitative estimate of drug-likeness (QED) is 0.787. The molecule has 1 heterocycles. The highest BCUT2D eigenvalue weighted by Gasteiger charge is 2.20. The van der Waals surface area contributed by atoms with Gasteiger partial charge >= 0.3 is 0 Å². The van der Waals surface area contributed by atoms with Gasteiger partial charge in [-0.3, -0.25) is 9.69 Å². The average molecular weight is 367 g/mol. The van der Waals surface area contributed by atoms with Gasteiger partial charge in [0.05, 0.1) is 13.7 Å². The van der Waals surface area contributed by atoms with Crippen molar-refractivity contribution in [2.75, 3.05) is 51.8 Å². The molecule has 27 heavy (non-hydrogen) atoms. The van der Waals surface area contributed by atoms with Crippen LogP contribution < -0.4 is 9.64 Å². The largest absolute Gasteiger partial charge is 0.497 e. The van der Waals surface area contributed by atoms with Gasteiger partial charge in [-0.1, -0.05) is 24.3 Å². The van der Waals surface area contributed by atoms with E-state index in [0.29, 0.717) is 13.1 Å². The molecule has 1 saturated heterocycles. The Balaban J connectivity index is 1.47. The molecule has 3 rings (SSSR count). The number of carbonyl (C=O) groups excluding carboxylic acids is 1. The minimum atomic E-state index is 0.162. The van der Waals surface area contributed by atoms with E-state index in [4.69, 9.17) is 4.74 Å². The summed E-state index contributed by atoms with van der Waals surface area (Å²) in [6.45, 7) is 6.96. The molecule has 1 amide bonds. The highest BCUT2D eigenvalue weighted by molar-refractivity contribution is 5.78. The fourth-order valence-electron chi connectivity index (χ4n) is 3.39. The summed E-state index contributed by atoms with van der Waals surface area (Å²) in [7, 11) is 3.53. The van der Waals surface area contributed by atoms with Crippen LogP contribution in [0.1, 0.15) is 11.1 Å². The van der Waals surface area contributed by atoms with E-state index in [9.17, 15) is 4.79 Å². The maximum absolute atomic E-state index is 12.6. The number of nitrogens with zero attached hydrogens (tertiary/aromatic N) is 3. The van der Waals surface area contributed by atoms with E-state index in [1.807, 2.05) is 31.3 Å². The van der Waals surface area contributed by atoms with Crippen LogP contribution >= 0.6 is 0 Å². The summed E-state index contributed by atoms with van der Waals surface area (Å²) >= 11 is 0. The number of piperazine rings is 1. The Morgan fingerprint density at radius 3 is 2.41 bits per heavy atom. The van der Waals surface area contributed by atoms with Gasteiger partial charge in [-0.2, -0.15) is 0 Å². The number of hydrogen-bond acceptors (Lipinski definition) is 4. The van der Waals surface area contributed by atoms with Gasteiger partial charge in [0, 0.05) is 45.5 Å². The molecule has 2 aromatic carbocycles. The number of aryl methyl sites for hydroxylation is 1. The van der Waals surface area contributed by atoms with Crippen molar-refractivity contribution in [1.82, 2.24) is 9.80 Å². The number of ether oxygens (including phenoxy) is 1. The Hall–Kier alpha value is -2.53. The molecule has 0 N–H and O–H groups in total. The number of likely N-dealkylation sites (N-methyl/N-ethyl adjacent to an activating group) is 1. The highest BCUT2D eigenvalue weighted by atomic mass is 16.5. The second-order valence-corrected chi connectivity index (χ2v) is 7.20. The third-order valence-electron chi connectivity index (χ3n) is 5.10. The number of hydrogen-bond donors (Lipinski definition) is 0. The number of anilines is 1. The van der Waals surface area contributed by atoms with Crippen LogP contribution in [0.15, 0.2) is 48.5 Å². The van der Waals surface area contributed by atoms with Gasteiger partial charge in [0.1, 0.15) is 5.75 Å². The first-order chi connectivity index (χ1) is 13.0. The Bertz CT molecular complexity index is 752. The van der Waals surface area contributed by atoms with Crippen molar-refractivity contribution in [2.45, 2.75) is 13.5 Å². The second kappa shape index (κ2) is 8.91. The first-order valence-corrected chi connectivity index (χ1v) is 9.46. The standard InChI is InChI=1S/C22H29N3O2/c1-18-5-4-6-20(15-18)25-13-11-24(12-14-25)17-22(26)23(2)16-19-7-9-21(27-3)10-8-19/h4-10,15H,11-14,16-17H2,1-3H3. The van der Waals surface area contributed by atoms with Gasteiger partial charge in [-0.05, 0) is 42.3 Å². The summed E-state index contributed by atoms with van der Waals surface area (Å²) in [6.07, 6.45) is 0. The lowest BCUT2D eigenvalue weighted by Crippen LogP contribution is -2.49. The molecule has 1 fully saturated rings. The molecular formula is C22H29N3O2. The van der Waals surface area contributed by atoms with E-state index in [2.05, 4.69) is 41.0 Å². The molecule has 0 radical (unpaired) electrons. The van der Waals surface area contributed by atoms with Gasteiger partial charge in [0.15, 0.2) is 0 Å². The number of carbonyl (C=O) groups is 1. The van der Waals surface area contributed by atoms with Crippen molar-refractivity contribution in [2.24, 2.45) is 0 Å². The zero-order valence-electron chi connectivity index (χ0n) is 16.5. The summed E-state index contributed by atoms with van der Waals surface area (Å²) in [5, 5.41) is 0. The van der Waals surface area contributed by atoms with E-state index in [-0.39, 0.29) is 5.91 Å². The molecule has 0 aliphatic carbocycles. The fourth-order valence-corrected chi connectivity index (χ4v) is 3.39.